The Labute approximate surface area is 153 Å². The van der Waals surface area contributed by atoms with Crippen molar-refractivity contribution < 1.29 is 18.3 Å². The van der Waals surface area contributed by atoms with Crippen molar-refractivity contribution >= 4 is 29.5 Å². The van der Waals surface area contributed by atoms with Crippen LogP contribution >= 0.6 is 11.6 Å². The zero-order valence-corrected chi connectivity index (χ0v) is 14.0. The summed E-state index contributed by atoms with van der Waals surface area (Å²) in [7, 11) is 0. The first-order valence-electron chi connectivity index (χ1n) is 7.73. The number of hydrogen-bond donors (Lipinski definition) is 0. The summed E-state index contributed by atoms with van der Waals surface area (Å²) >= 11 is 6.16. The van der Waals surface area contributed by atoms with Gasteiger partial charge in [0.15, 0.2) is 5.70 Å². The molecule has 0 fully saturated rings. The van der Waals surface area contributed by atoms with Gasteiger partial charge in [0.25, 0.3) is 0 Å². The average Bonchev–Trinajstić information content (AvgIpc) is 3.23. The normalized spacial score (nSPS) is 15.2. The Morgan fingerprint density at radius 2 is 1.88 bits per heavy atom. The number of aliphatic imine (C=N–C) groups is 1. The lowest BCUT2D eigenvalue weighted by Crippen LogP contribution is -2.05. The summed E-state index contributed by atoms with van der Waals surface area (Å²) < 4.78 is 24.2. The maximum absolute atomic E-state index is 13.3. The Kier molecular flexibility index (Phi) is 4.14. The van der Waals surface area contributed by atoms with E-state index in [9.17, 15) is 9.18 Å². The highest BCUT2D eigenvalue weighted by atomic mass is 35.5. The molecule has 26 heavy (non-hydrogen) atoms. The van der Waals surface area contributed by atoms with Crippen LogP contribution in [0.4, 0.5) is 4.39 Å². The number of esters is 1. The predicted molar refractivity (Wildman–Crippen MR) is 96.2 cm³/mol. The smallest absolute Gasteiger partial charge is 0.363 e. The summed E-state index contributed by atoms with van der Waals surface area (Å²) in [6.45, 7) is 0. The number of cyclic esters (lactones) is 1. The van der Waals surface area contributed by atoms with Crippen LogP contribution in [0.25, 0.3) is 17.4 Å². The Balaban J connectivity index is 1.64. The van der Waals surface area contributed by atoms with Crippen LogP contribution in [0.5, 0.6) is 0 Å². The summed E-state index contributed by atoms with van der Waals surface area (Å²) in [6.07, 6.45) is 1.47. The molecular weight excluding hydrogens is 357 g/mol. The lowest BCUT2D eigenvalue weighted by Gasteiger charge is -1.99. The van der Waals surface area contributed by atoms with Gasteiger partial charge in [0.05, 0.1) is 5.02 Å². The number of halogens is 2. The molecule has 0 radical (unpaired) electrons. The maximum Gasteiger partial charge on any atom is 0.363 e. The molecule has 4 rings (SSSR count). The fraction of sp³-hybridized carbons (Fsp3) is 0. The third-order valence-corrected chi connectivity index (χ3v) is 4.07. The fourth-order valence-electron chi connectivity index (χ4n) is 2.53. The van der Waals surface area contributed by atoms with Gasteiger partial charge in [-0.05, 0) is 42.5 Å². The molecular formula is C20H11ClFNO3. The molecule has 0 atom stereocenters. The highest BCUT2D eigenvalue weighted by Crippen LogP contribution is 2.30. The lowest BCUT2D eigenvalue weighted by atomic mass is 10.2. The van der Waals surface area contributed by atoms with Gasteiger partial charge in [-0.3, -0.25) is 0 Å². The minimum Gasteiger partial charge on any atom is -0.457 e. The Morgan fingerprint density at radius 3 is 2.69 bits per heavy atom. The number of hydrogen-bond acceptors (Lipinski definition) is 4. The van der Waals surface area contributed by atoms with Crippen LogP contribution in [-0.4, -0.2) is 11.9 Å². The minimum atomic E-state index is -0.625. The zero-order chi connectivity index (χ0) is 18.1. The largest absolute Gasteiger partial charge is 0.457 e. The molecule has 2 heterocycles. The molecule has 0 N–H and O–H groups in total. The molecule has 0 amide bonds. The van der Waals surface area contributed by atoms with E-state index in [0.29, 0.717) is 22.1 Å². The second kappa shape index (κ2) is 6.61. The SMILES string of the molecule is O=C1OC(c2cccc(F)c2)=N/C1=C/c1ccc(-c2ccccc2Cl)o1. The molecule has 0 bridgehead atoms. The van der Waals surface area contributed by atoms with Crippen molar-refractivity contribution in [3.05, 3.63) is 88.5 Å². The van der Waals surface area contributed by atoms with E-state index in [0.717, 1.165) is 5.56 Å². The third-order valence-electron chi connectivity index (χ3n) is 3.74. The maximum atomic E-state index is 13.3. The van der Waals surface area contributed by atoms with Gasteiger partial charge in [0.1, 0.15) is 17.3 Å². The lowest BCUT2D eigenvalue weighted by molar-refractivity contribution is -0.129. The first-order chi connectivity index (χ1) is 12.6. The number of furan rings is 1. The fourth-order valence-corrected chi connectivity index (χ4v) is 2.75. The quantitative estimate of drug-likeness (QED) is 0.479. The molecule has 0 spiro atoms. The minimum absolute atomic E-state index is 0.0543. The molecule has 2 aromatic carbocycles. The number of benzene rings is 2. The van der Waals surface area contributed by atoms with E-state index >= 15 is 0 Å². The second-order valence-corrected chi connectivity index (χ2v) is 5.94. The van der Waals surface area contributed by atoms with Crippen LogP contribution in [0.2, 0.25) is 5.02 Å². The van der Waals surface area contributed by atoms with Gasteiger partial charge in [-0.15, -0.1) is 0 Å². The van der Waals surface area contributed by atoms with Gasteiger partial charge in [0.2, 0.25) is 5.90 Å². The standard InChI is InChI=1S/C20H11ClFNO3/c21-16-7-2-1-6-15(16)18-9-8-14(25-18)11-17-20(24)26-19(23-17)12-4-3-5-13(22)10-12/h1-11H/b17-11+. The molecule has 1 aliphatic rings. The summed E-state index contributed by atoms with van der Waals surface area (Å²) in [4.78, 5) is 16.1. The van der Waals surface area contributed by atoms with Crippen LogP contribution < -0.4 is 0 Å². The van der Waals surface area contributed by atoms with Crippen molar-refractivity contribution in [2.24, 2.45) is 4.99 Å². The molecule has 0 aliphatic carbocycles. The predicted octanol–water partition coefficient (Wildman–Crippen LogP) is 5.08. The van der Waals surface area contributed by atoms with Crippen molar-refractivity contribution in [3.63, 3.8) is 0 Å². The molecule has 1 aliphatic heterocycles. The van der Waals surface area contributed by atoms with Gasteiger partial charge >= 0.3 is 5.97 Å². The Bertz CT molecular complexity index is 1070. The first kappa shape index (κ1) is 16.3. The van der Waals surface area contributed by atoms with E-state index in [1.165, 1.54) is 24.3 Å². The summed E-state index contributed by atoms with van der Waals surface area (Å²) in [6, 6.07) is 16.4. The molecule has 6 heteroatoms. The van der Waals surface area contributed by atoms with Gasteiger partial charge < -0.3 is 9.15 Å². The highest BCUT2D eigenvalue weighted by Gasteiger charge is 2.25. The molecule has 4 nitrogen and oxygen atoms in total. The van der Waals surface area contributed by atoms with Gasteiger partial charge in [-0.1, -0.05) is 29.8 Å². The van der Waals surface area contributed by atoms with E-state index in [-0.39, 0.29) is 11.6 Å². The van der Waals surface area contributed by atoms with Crippen molar-refractivity contribution in [1.82, 2.24) is 0 Å². The van der Waals surface area contributed by atoms with E-state index in [1.807, 2.05) is 18.2 Å². The average molecular weight is 368 g/mol. The number of ether oxygens (including phenoxy) is 1. The van der Waals surface area contributed by atoms with E-state index in [4.69, 9.17) is 20.8 Å². The Hall–Kier alpha value is -3.18. The Morgan fingerprint density at radius 1 is 1.04 bits per heavy atom. The highest BCUT2D eigenvalue weighted by molar-refractivity contribution is 6.33. The molecule has 3 aromatic rings. The van der Waals surface area contributed by atoms with E-state index in [1.54, 1.807) is 24.3 Å². The molecule has 0 unspecified atom stereocenters. The van der Waals surface area contributed by atoms with Crippen LogP contribution in [0, 0.1) is 5.82 Å². The third kappa shape index (κ3) is 3.17. The number of carbonyl (C=O) groups is 1. The molecule has 128 valence electrons. The van der Waals surface area contributed by atoms with Crippen LogP contribution in [0.3, 0.4) is 0 Å². The summed E-state index contributed by atoms with van der Waals surface area (Å²) in [5, 5.41) is 0.563. The van der Waals surface area contributed by atoms with Gasteiger partial charge in [-0.25, -0.2) is 14.2 Å². The van der Waals surface area contributed by atoms with Crippen molar-refractivity contribution in [2.75, 3.05) is 0 Å². The van der Waals surface area contributed by atoms with Crippen LogP contribution in [0.1, 0.15) is 11.3 Å². The number of rotatable bonds is 3. The molecule has 1 aromatic heterocycles. The van der Waals surface area contributed by atoms with Gasteiger partial charge in [0, 0.05) is 17.2 Å². The number of nitrogens with zero attached hydrogens (tertiary/aromatic N) is 1. The number of carbonyl (C=O) groups excluding carboxylic acids is 1. The van der Waals surface area contributed by atoms with Crippen molar-refractivity contribution in [3.8, 4) is 11.3 Å². The second-order valence-electron chi connectivity index (χ2n) is 5.53. The summed E-state index contributed by atoms with van der Waals surface area (Å²) in [5.41, 5.74) is 1.21. The van der Waals surface area contributed by atoms with E-state index in [2.05, 4.69) is 4.99 Å². The van der Waals surface area contributed by atoms with E-state index < -0.39 is 11.8 Å². The topological polar surface area (TPSA) is 51.8 Å². The first-order valence-corrected chi connectivity index (χ1v) is 8.11. The van der Waals surface area contributed by atoms with Crippen molar-refractivity contribution in [1.29, 1.82) is 0 Å². The van der Waals surface area contributed by atoms with Crippen molar-refractivity contribution in [2.45, 2.75) is 0 Å². The zero-order valence-electron chi connectivity index (χ0n) is 13.3. The van der Waals surface area contributed by atoms with Gasteiger partial charge in [-0.2, -0.15) is 0 Å². The monoisotopic (exact) mass is 367 g/mol. The molecule has 0 saturated heterocycles. The summed E-state index contributed by atoms with van der Waals surface area (Å²) in [5.74, 6) is -0.00746. The van der Waals surface area contributed by atoms with Crippen LogP contribution in [-0.2, 0) is 9.53 Å². The van der Waals surface area contributed by atoms with Crippen LogP contribution in [0.15, 0.2) is 75.8 Å². The molecule has 0 saturated carbocycles.